The number of nitrogens with zero attached hydrogens (tertiary/aromatic N) is 1. The highest BCUT2D eigenvalue weighted by Crippen LogP contribution is 2.25. The van der Waals surface area contributed by atoms with E-state index in [4.69, 9.17) is 4.42 Å². The maximum atomic E-state index is 12.6. The van der Waals surface area contributed by atoms with E-state index in [1.54, 1.807) is 6.26 Å². The summed E-state index contributed by atoms with van der Waals surface area (Å²) in [5.74, 6) is 0.963. The van der Waals surface area contributed by atoms with Crippen molar-refractivity contribution in [1.29, 1.82) is 0 Å². The van der Waals surface area contributed by atoms with Gasteiger partial charge in [-0.2, -0.15) is 0 Å². The SMILES string of the molecule is C[C@@H](NC(=O)C1CCCN1C1CCNCC1)c1ccco1. The first kappa shape index (κ1) is 14.6. The van der Waals surface area contributed by atoms with Crippen LogP contribution in [0.5, 0.6) is 0 Å². The van der Waals surface area contributed by atoms with Crippen LogP contribution in [0.25, 0.3) is 0 Å². The Hall–Kier alpha value is -1.33. The molecule has 0 radical (unpaired) electrons. The van der Waals surface area contributed by atoms with Gasteiger partial charge in [-0.25, -0.2) is 0 Å². The molecule has 116 valence electrons. The van der Waals surface area contributed by atoms with E-state index in [9.17, 15) is 4.79 Å². The topological polar surface area (TPSA) is 57.5 Å². The second-order valence-electron chi connectivity index (χ2n) is 6.12. The zero-order valence-electron chi connectivity index (χ0n) is 12.7. The summed E-state index contributed by atoms with van der Waals surface area (Å²) in [6.07, 6.45) is 6.04. The van der Waals surface area contributed by atoms with Gasteiger partial charge in [0.25, 0.3) is 0 Å². The van der Waals surface area contributed by atoms with Crippen LogP contribution in [0.4, 0.5) is 0 Å². The van der Waals surface area contributed by atoms with Crippen molar-refractivity contribution >= 4 is 5.91 Å². The molecule has 1 aromatic rings. The van der Waals surface area contributed by atoms with Gasteiger partial charge < -0.3 is 15.1 Å². The first-order valence-corrected chi connectivity index (χ1v) is 8.06. The van der Waals surface area contributed by atoms with Crippen molar-refractivity contribution in [3.8, 4) is 0 Å². The first-order chi connectivity index (χ1) is 10.3. The molecule has 1 aromatic heterocycles. The Labute approximate surface area is 126 Å². The van der Waals surface area contributed by atoms with E-state index in [1.807, 2.05) is 19.1 Å². The highest BCUT2D eigenvalue weighted by Gasteiger charge is 2.36. The number of furan rings is 1. The molecule has 0 spiro atoms. The number of amides is 1. The highest BCUT2D eigenvalue weighted by molar-refractivity contribution is 5.82. The van der Waals surface area contributed by atoms with Crippen LogP contribution in [0.1, 0.15) is 44.4 Å². The number of carbonyl (C=O) groups is 1. The van der Waals surface area contributed by atoms with Crippen molar-refractivity contribution in [2.24, 2.45) is 0 Å². The Morgan fingerprint density at radius 2 is 2.24 bits per heavy atom. The smallest absolute Gasteiger partial charge is 0.237 e. The molecule has 1 amide bonds. The highest BCUT2D eigenvalue weighted by atomic mass is 16.3. The quantitative estimate of drug-likeness (QED) is 0.886. The van der Waals surface area contributed by atoms with Crippen molar-refractivity contribution in [1.82, 2.24) is 15.5 Å². The van der Waals surface area contributed by atoms with Gasteiger partial charge in [0.15, 0.2) is 0 Å². The molecule has 5 nitrogen and oxygen atoms in total. The van der Waals surface area contributed by atoms with Gasteiger partial charge in [0, 0.05) is 6.04 Å². The predicted octanol–water partition coefficient (Wildman–Crippen LogP) is 1.67. The van der Waals surface area contributed by atoms with Crippen molar-refractivity contribution in [3.05, 3.63) is 24.2 Å². The summed E-state index contributed by atoms with van der Waals surface area (Å²) in [7, 11) is 0. The van der Waals surface area contributed by atoms with E-state index < -0.39 is 0 Å². The normalized spacial score (nSPS) is 25.9. The van der Waals surface area contributed by atoms with Crippen molar-refractivity contribution in [2.45, 2.75) is 50.7 Å². The molecular formula is C16H25N3O2. The summed E-state index contributed by atoms with van der Waals surface area (Å²) in [5.41, 5.74) is 0. The van der Waals surface area contributed by atoms with Gasteiger partial charge in [0.05, 0.1) is 18.3 Å². The lowest BCUT2D eigenvalue weighted by molar-refractivity contribution is -0.127. The maximum absolute atomic E-state index is 12.6. The van der Waals surface area contributed by atoms with Crippen LogP contribution in [0.15, 0.2) is 22.8 Å². The fourth-order valence-electron chi connectivity index (χ4n) is 3.56. The van der Waals surface area contributed by atoms with Crippen LogP contribution < -0.4 is 10.6 Å². The molecule has 0 aliphatic carbocycles. The molecule has 2 atom stereocenters. The number of piperidine rings is 1. The van der Waals surface area contributed by atoms with Crippen LogP contribution in [0.3, 0.4) is 0 Å². The third kappa shape index (κ3) is 3.30. The van der Waals surface area contributed by atoms with Gasteiger partial charge in [0.1, 0.15) is 5.76 Å². The third-order valence-electron chi connectivity index (χ3n) is 4.70. The summed E-state index contributed by atoms with van der Waals surface area (Å²) in [5, 5.41) is 6.50. The minimum atomic E-state index is -0.0667. The van der Waals surface area contributed by atoms with Gasteiger partial charge in [-0.05, 0) is 64.4 Å². The molecule has 2 N–H and O–H groups in total. The summed E-state index contributed by atoms with van der Waals surface area (Å²) in [6, 6.07) is 4.29. The number of hydrogen-bond donors (Lipinski definition) is 2. The second-order valence-corrected chi connectivity index (χ2v) is 6.12. The van der Waals surface area contributed by atoms with E-state index in [2.05, 4.69) is 15.5 Å². The number of nitrogens with one attached hydrogen (secondary N) is 2. The van der Waals surface area contributed by atoms with Gasteiger partial charge in [-0.3, -0.25) is 9.69 Å². The van der Waals surface area contributed by atoms with Gasteiger partial charge in [0.2, 0.25) is 5.91 Å². The number of carbonyl (C=O) groups excluding carboxylic acids is 1. The minimum absolute atomic E-state index is 0.0329. The number of rotatable bonds is 4. The van der Waals surface area contributed by atoms with E-state index in [-0.39, 0.29) is 18.0 Å². The molecule has 3 heterocycles. The maximum Gasteiger partial charge on any atom is 0.237 e. The van der Waals surface area contributed by atoms with Crippen LogP contribution in [-0.2, 0) is 4.79 Å². The zero-order valence-corrected chi connectivity index (χ0v) is 12.7. The van der Waals surface area contributed by atoms with Crippen molar-refractivity contribution in [2.75, 3.05) is 19.6 Å². The van der Waals surface area contributed by atoms with Gasteiger partial charge in [-0.1, -0.05) is 0 Å². The van der Waals surface area contributed by atoms with E-state index in [1.165, 1.54) is 0 Å². The molecule has 2 aliphatic rings. The fourth-order valence-corrected chi connectivity index (χ4v) is 3.56. The lowest BCUT2D eigenvalue weighted by Crippen LogP contribution is -2.51. The largest absolute Gasteiger partial charge is 0.467 e. The summed E-state index contributed by atoms with van der Waals surface area (Å²) in [6.45, 7) is 5.16. The molecule has 3 rings (SSSR count). The molecule has 2 aliphatic heterocycles. The summed E-state index contributed by atoms with van der Waals surface area (Å²) in [4.78, 5) is 15.0. The average molecular weight is 291 g/mol. The monoisotopic (exact) mass is 291 g/mol. The lowest BCUT2D eigenvalue weighted by atomic mass is 10.0. The van der Waals surface area contributed by atoms with Crippen LogP contribution in [0.2, 0.25) is 0 Å². The Bertz CT molecular complexity index is 454. The lowest BCUT2D eigenvalue weighted by Gasteiger charge is -2.35. The van der Waals surface area contributed by atoms with Crippen LogP contribution >= 0.6 is 0 Å². The van der Waals surface area contributed by atoms with E-state index in [0.717, 1.165) is 51.1 Å². The van der Waals surface area contributed by atoms with Gasteiger partial charge in [-0.15, -0.1) is 0 Å². The van der Waals surface area contributed by atoms with Crippen LogP contribution in [-0.4, -0.2) is 42.5 Å². The van der Waals surface area contributed by atoms with Crippen LogP contribution in [0, 0.1) is 0 Å². The molecule has 2 fully saturated rings. The Morgan fingerprint density at radius 1 is 1.43 bits per heavy atom. The predicted molar refractivity (Wildman–Crippen MR) is 80.9 cm³/mol. The zero-order chi connectivity index (χ0) is 14.7. The van der Waals surface area contributed by atoms with E-state index in [0.29, 0.717) is 6.04 Å². The van der Waals surface area contributed by atoms with E-state index >= 15 is 0 Å². The molecule has 0 saturated carbocycles. The summed E-state index contributed by atoms with van der Waals surface area (Å²) >= 11 is 0. The first-order valence-electron chi connectivity index (χ1n) is 8.06. The molecule has 0 bridgehead atoms. The number of likely N-dealkylation sites (tertiary alicyclic amines) is 1. The second kappa shape index (κ2) is 6.62. The molecule has 21 heavy (non-hydrogen) atoms. The standard InChI is InChI=1S/C16H25N3O2/c1-12(15-5-3-11-21-15)18-16(20)14-4-2-10-19(14)13-6-8-17-9-7-13/h3,5,11-14,17H,2,4,6-10H2,1H3,(H,18,20)/t12-,14?/m1/s1. The van der Waals surface area contributed by atoms with Crippen molar-refractivity contribution < 1.29 is 9.21 Å². The molecule has 1 unspecified atom stereocenters. The molecule has 2 saturated heterocycles. The Kier molecular flexibility index (Phi) is 4.60. The fraction of sp³-hybridized carbons (Fsp3) is 0.688. The molecule has 0 aromatic carbocycles. The number of hydrogen-bond acceptors (Lipinski definition) is 4. The third-order valence-corrected chi connectivity index (χ3v) is 4.70. The summed E-state index contributed by atoms with van der Waals surface area (Å²) < 4.78 is 5.37. The van der Waals surface area contributed by atoms with Crippen molar-refractivity contribution in [3.63, 3.8) is 0 Å². The average Bonchev–Trinajstić information content (AvgIpc) is 3.19. The minimum Gasteiger partial charge on any atom is -0.467 e. The Balaban J connectivity index is 1.60. The van der Waals surface area contributed by atoms with Gasteiger partial charge >= 0.3 is 0 Å². The molecular weight excluding hydrogens is 266 g/mol. The Morgan fingerprint density at radius 3 is 2.95 bits per heavy atom. The molecule has 5 heteroatoms.